The monoisotopic (exact) mass is 344 g/mol. The van der Waals surface area contributed by atoms with Crippen molar-refractivity contribution in [2.45, 2.75) is 10.4 Å². The molecule has 0 saturated carbocycles. The molecule has 1 heterocycles. The van der Waals surface area contributed by atoms with E-state index in [4.69, 9.17) is 0 Å². The van der Waals surface area contributed by atoms with Crippen LogP contribution in [0, 0.1) is 0 Å². The van der Waals surface area contributed by atoms with E-state index in [0.29, 0.717) is 14.8 Å². The van der Waals surface area contributed by atoms with E-state index < -0.39 is 25.7 Å². The molecule has 2 aromatic carbocycles. The van der Waals surface area contributed by atoms with Crippen molar-refractivity contribution in [2.75, 3.05) is 0 Å². The summed E-state index contributed by atoms with van der Waals surface area (Å²) >= 11 is 1.22. The van der Waals surface area contributed by atoms with Crippen LogP contribution in [0.2, 0.25) is 0 Å². The first-order valence-corrected chi connectivity index (χ1v) is 8.29. The van der Waals surface area contributed by atoms with Crippen molar-refractivity contribution in [1.29, 1.82) is 0 Å². The Balaban J connectivity index is 2.38. The van der Waals surface area contributed by atoms with E-state index in [1.165, 1.54) is 17.4 Å². The second-order valence-electron chi connectivity index (χ2n) is 4.53. The molecule has 0 unspecified atom stereocenters. The molecule has 0 amide bonds. The average molecular weight is 344 g/mol. The molecule has 0 spiro atoms. The topological polar surface area (TPSA) is 51.2 Å². The zero-order chi connectivity index (χ0) is 16.1. The summed E-state index contributed by atoms with van der Waals surface area (Å²) in [7, 11) is -5.47. The third-order valence-electron chi connectivity index (χ3n) is 3.16. The van der Waals surface area contributed by atoms with E-state index in [2.05, 4.69) is 0 Å². The van der Waals surface area contributed by atoms with Crippen LogP contribution in [-0.4, -0.2) is 13.9 Å². The third kappa shape index (κ3) is 2.19. The molecule has 3 aromatic rings. The molecule has 0 aliphatic carbocycles. The molecule has 0 bridgehead atoms. The van der Waals surface area contributed by atoms with E-state index in [1.54, 1.807) is 24.3 Å². The van der Waals surface area contributed by atoms with Crippen LogP contribution in [0.3, 0.4) is 0 Å². The third-order valence-corrected chi connectivity index (χ3v) is 5.80. The van der Waals surface area contributed by atoms with Crippen molar-refractivity contribution in [3.63, 3.8) is 0 Å². The molecule has 114 valence electrons. The van der Waals surface area contributed by atoms with Gasteiger partial charge in [-0.05, 0) is 30.3 Å². The minimum absolute atomic E-state index is 0.0333. The predicted molar refractivity (Wildman–Crippen MR) is 78.8 cm³/mol. The van der Waals surface area contributed by atoms with Gasteiger partial charge in [0.25, 0.3) is 9.84 Å². The fraction of sp³-hybridized carbons (Fsp3) is 0.0714. The van der Waals surface area contributed by atoms with E-state index in [9.17, 15) is 26.4 Å². The largest absolute Gasteiger partial charge is 0.501 e. The Kier molecular flexibility index (Phi) is 3.26. The Hall–Kier alpha value is -1.93. The fourth-order valence-corrected chi connectivity index (χ4v) is 3.92. The predicted octanol–water partition coefficient (Wildman–Crippen LogP) is 3.71. The fourth-order valence-electron chi connectivity index (χ4n) is 2.08. The number of hydrogen-bond acceptors (Lipinski definition) is 4. The molecule has 0 fully saturated rings. The Morgan fingerprint density at radius 2 is 1.55 bits per heavy atom. The van der Waals surface area contributed by atoms with Gasteiger partial charge in [0.1, 0.15) is 0 Å². The summed E-state index contributed by atoms with van der Waals surface area (Å²) in [5, 5.41) is 0.315. The summed E-state index contributed by atoms with van der Waals surface area (Å²) in [5.41, 5.74) is -5.88. The Labute approximate surface area is 126 Å². The van der Waals surface area contributed by atoms with Gasteiger partial charge >= 0.3 is 5.51 Å². The highest BCUT2D eigenvalue weighted by molar-refractivity contribution is 7.92. The van der Waals surface area contributed by atoms with Gasteiger partial charge in [0.2, 0.25) is 0 Å². The molecule has 22 heavy (non-hydrogen) atoms. The van der Waals surface area contributed by atoms with E-state index in [0.717, 1.165) is 12.1 Å². The van der Waals surface area contributed by atoms with Crippen molar-refractivity contribution < 1.29 is 21.6 Å². The van der Waals surface area contributed by atoms with Crippen LogP contribution in [0.25, 0.3) is 20.2 Å². The molecule has 0 radical (unpaired) electrons. The number of hydrogen-bond donors (Lipinski definition) is 0. The van der Waals surface area contributed by atoms with Gasteiger partial charge in [0, 0.05) is 20.2 Å². The first-order valence-electron chi connectivity index (χ1n) is 5.99. The number of halogens is 3. The number of sulfone groups is 1. The molecule has 0 saturated heterocycles. The summed E-state index contributed by atoms with van der Waals surface area (Å²) in [4.78, 5) is 11.4. The highest BCUT2D eigenvalue weighted by Gasteiger charge is 2.46. The van der Waals surface area contributed by atoms with Crippen molar-refractivity contribution in [3.05, 3.63) is 52.7 Å². The maximum absolute atomic E-state index is 12.6. The van der Waals surface area contributed by atoms with Crippen LogP contribution < -0.4 is 5.43 Å². The maximum Gasteiger partial charge on any atom is 0.501 e. The van der Waals surface area contributed by atoms with Crippen molar-refractivity contribution >= 4 is 41.3 Å². The molecule has 3 rings (SSSR count). The van der Waals surface area contributed by atoms with E-state index in [-0.39, 0.29) is 5.39 Å². The van der Waals surface area contributed by atoms with Gasteiger partial charge in [-0.1, -0.05) is 12.1 Å². The van der Waals surface area contributed by atoms with Crippen molar-refractivity contribution in [2.24, 2.45) is 0 Å². The lowest BCUT2D eigenvalue weighted by Gasteiger charge is -2.09. The lowest BCUT2D eigenvalue weighted by atomic mass is 10.2. The minimum Gasteiger partial charge on any atom is -0.289 e. The standard InChI is InChI=1S/C14H7F3O3S2/c15-14(16,17)22(19,20)8-5-6-12-10(7-8)13(18)9-3-1-2-4-11(9)21-12/h1-7H. The SMILES string of the molecule is O=c1c2ccccc2sc2ccc(S(=O)(=O)C(F)(F)F)cc12. The normalized spacial score (nSPS) is 12.9. The van der Waals surface area contributed by atoms with Crippen LogP contribution in [-0.2, 0) is 9.84 Å². The number of rotatable bonds is 1. The average Bonchev–Trinajstić information content (AvgIpc) is 2.46. The first kappa shape index (κ1) is 15.0. The summed E-state index contributed by atoms with van der Waals surface area (Å²) in [5.74, 6) is 0. The van der Waals surface area contributed by atoms with Gasteiger partial charge in [-0.15, -0.1) is 11.3 Å². The molecule has 0 atom stereocenters. The van der Waals surface area contributed by atoms with Gasteiger partial charge < -0.3 is 0 Å². The number of fused-ring (bicyclic) bond motifs is 2. The molecule has 0 aliphatic heterocycles. The lowest BCUT2D eigenvalue weighted by Crippen LogP contribution is -2.23. The molecular formula is C14H7F3O3S2. The molecule has 1 aromatic heterocycles. The van der Waals surface area contributed by atoms with Gasteiger partial charge in [-0.3, -0.25) is 4.79 Å². The highest BCUT2D eigenvalue weighted by Crippen LogP contribution is 2.33. The number of alkyl halides is 3. The summed E-state index contributed by atoms with van der Waals surface area (Å²) in [6.45, 7) is 0. The van der Waals surface area contributed by atoms with Crippen LogP contribution >= 0.6 is 11.3 Å². The number of benzene rings is 2. The van der Waals surface area contributed by atoms with Gasteiger partial charge in [0.05, 0.1) is 4.90 Å². The molecule has 0 aliphatic rings. The zero-order valence-corrected chi connectivity index (χ0v) is 12.3. The summed E-state index contributed by atoms with van der Waals surface area (Å²) < 4.78 is 61.8. The Morgan fingerprint density at radius 3 is 2.23 bits per heavy atom. The van der Waals surface area contributed by atoms with Crippen LogP contribution in [0.4, 0.5) is 13.2 Å². The summed E-state index contributed by atoms with van der Waals surface area (Å²) in [6, 6.07) is 9.55. The van der Waals surface area contributed by atoms with E-state index in [1.807, 2.05) is 0 Å². The smallest absolute Gasteiger partial charge is 0.289 e. The van der Waals surface area contributed by atoms with E-state index >= 15 is 0 Å². The Bertz CT molecular complexity index is 1050. The first-order chi connectivity index (χ1) is 10.2. The second-order valence-corrected chi connectivity index (χ2v) is 7.56. The van der Waals surface area contributed by atoms with Gasteiger partial charge in [-0.2, -0.15) is 13.2 Å². The molecular weight excluding hydrogens is 337 g/mol. The van der Waals surface area contributed by atoms with Crippen molar-refractivity contribution in [1.82, 2.24) is 0 Å². The van der Waals surface area contributed by atoms with Crippen molar-refractivity contribution in [3.8, 4) is 0 Å². The molecule has 0 N–H and O–H groups in total. The van der Waals surface area contributed by atoms with Crippen LogP contribution in [0.15, 0.2) is 52.2 Å². The van der Waals surface area contributed by atoms with Gasteiger partial charge in [-0.25, -0.2) is 8.42 Å². The Morgan fingerprint density at radius 1 is 0.909 bits per heavy atom. The minimum atomic E-state index is -5.47. The molecule has 3 nitrogen and oxygen atoms in total. The lowest BCUT2D eigenvalue weighted by molar-refractivity contribution is -0.0435. The quantitative estimate of drug-likeness (QED) is 0.633. The summed E-state index contributed by atoms with van der Waals surface area (Å²) in [6.07, 6.45) is 0. The molecule has 8 heteroatoms. The van der Waals surface area contributed by atoms with Crippen LogP contribution in [0.5, 0.6) is 0 Å². The van der Waals surface area contributed by atoms with Gasteiger partial charge in [0.15, 0.2) is 5.43 Å². The second kappa shape index (κ2) is 4.79. The maximum atomic E-state index is 12.6. The van der Waals surface area contributed by atoms with Crippen LogP contribution in [0.1, 0.15) is 0 Å². The highest BCUT2D eigenvalue weighted by atomic mass is 32.2. The zero-order valence-electron chi connectivity index (χ0n) is 10.7.